The minimum absolute atomic E-state index is 0.0549. The first-order valence-corrected chi connectivity index (χ1v) is 7.87. The average molecular weight is 306 g/mol. The number of hydrogen-bond donors (Lipinski definition) is 1. The Labute approximate surface area is 132 Å². The van der Waals surface area contributed by atoms with Crippen molar-refractivity contribution in [3.8, 4) is 11.5 Å². The number of carbonyl (C=O) groups excluding carboxylic acids is 1. The van der Waals surface area contributed by atoms with Gasteiger partial charge in [-0.1, -0.05) is 6.42 Å². The van der Waals surface area contributed by atoms with Gasteiger partial charge < -0.3 is 14.8 Å². The van der Waals surface area contributed by atoms with Crippen LogP contribution in [0.2, 0.25) is 0 Å². The van der Waals surface area contributed by atoms with Crippen LogP contribution in [0.25, 0.3) is 0 Å². The van der Waals surface area contributed by atoms with Crippen molar-refractivity contribution in [1.29, 1.82) is 0 Å². The summed E-state index contributed by atoms with van der Waals surface area (Å²) in [6.45, 7) is 4.47. The van der Waals surface area contributed by atoms with E-state index >= 15 is 0 Å². The Morgan fingerprint density at radius 2 is 1.95 bits per heavy atom. The largest absolute Gasteiger partial charge is 0.497 e. The third kappa shape index (κ3) is 4.37. The van der Waals surface area contributed by atoms with Crippen LogP contribution in [0.4, 0.5) is 0 Å². The molecule has 0 bridgehead atoms. The van der Waals surface area contributed by atoms with E-state index in [-0.39, 0.29) is 11.9 Å². The van der Waals surface area contributed by atoms with Gasteiger partial charge in [0.25, 0.3) is 0 Å². The zero-order valence-corrected chi connectivity index (χ0v) is 13.7. The second-order valence-electron chi connectivity index (χ2n) is 5.73. The van der Waals surface area contributed by atoms with Crippen molar-refractivity contribution < 1.29 is 14.3 Å². The summed E-state index contributed by atoms with van der Waals surface area (Å²) in [4.78, 5) is 14.4. The lowest BCUT2D eigenvalue weighted by atomic mass is 10.1. The summed E-state index contributed by atoms with van der Waals surface area (Å²) in [6.07, 6.45) is 3.65. The fourth-order valence-electron chi connectivity index (χ4n) is 2.86. The number of nitrogens with one attached hydrogen (secondary N) is 1. The molecular weight excluding hydrogens is 280 g/mol. The van der Waals surface area contributed by atoms with E-state index < -0.39 is 0 Å². The Kier molecular flexibility index (Phi) is 6.07. The van der Waals surface area contributed by atoms with Crippen LogP contribution in [0.3, 0.4) is 0 Å². The van der Waals surface area contributed by atoms with Gasteiger partial charge in [0.15, 0.2) is 0 Å². The van der Waals surface area contributed by atoms with Gasteiger partial charge in [-0.25, -0.2) is 0 Å². The molecule has 1 amide bonds. The monoisotopic (exact) mass is 306 g/mol. The maximum absolute atomic E-state index is 12.2. The quantitative estimate of drug-likeness (QED) is 0.876. The first-order valence-electron chi connectivity index (χ1n) is 7.87. The van der Waals surface area contributed by atoms with Crippen molar-refractivity contribution in [1.82, 2.24) is 10.2 Å². The summed E-state index contributed by atoms with van der Waals surface area (Å²) in [5.41, 5.74) is 0.925. The van der Waals surface area contributed by atoms with E-state index in [4.69, 9.17) is 9.47 Å². The van der Waals surface area contributed by atoms with E-state index in [1.807, 2.05) is 25.1 Å². The molecule has 0 aliphatic carbocycles. The third-order valence-electron chi connectivity index (χ3n) is 4.10. The highest BCUT2D eigenvalue weighted by molar-refractivity contribution is 5.78. The maximum Gasteiger partial charge on any atom is 0.234 e. The smallest absolute Gasteiger partial charge is 0.234 e. The number of likely N-dealkylation sites (tertiary alicyclic amines) is 1. The van der Waals surface area contributed by atoms with Gasteiger partial charge in [0.2, 0.25) is 5.91 Å². The molecule has 1 N–H and O–H groups in total. The minimum atomic E-state index is -0.123. The van der Waals surface area contributed by atoms with E-state index in [1.54, 1.807) is 14.2 Å². The van der Waals surface area contributed by atoms with Gasteiger partial charge >= 0.3 is 0 Å². The second kappa shape index (κ2) is 8.03. The summed E-state index contributed by atoms with van der Waals surface area (Å²) in [5, 5.41) is 3.05. The number of ether oxygens (including phenoxy) is 2. The summed E-state index contributed by atoms with van der Waals surface area (Å²) < 4.78 is 10.6. The van der Waals surface area contributed by atoms with Crippen molar-refractivity contribution in [2.45, 2.75) is 32.2 Å². The molecule has 1 aromatic carbocycles. The van der Waals surface area contributed by atoms with Gasteiger partial charge in [-0.3, -0.25) is 9.69 Å². The summed E-state index contributed by atoms with van der Waals surface area (Å²) in [7, 11) is 3.26. The number of piperidine rings is 1. The molecule has 5 heteroatoms. The van der Waals surface area contributed by atoms with Gasteiger partial charge in [-0.15, -0.1) is 0 Å². The lowest BCUT2D eigenvalue weighted by Crippen LogP contribution is -2.40. The summed E-state index contributed by atoms with van der Waals surface area (Å²) in [6, 6.07) is 5.50. The van der Waals surface area contributed by atoms with Crippen LogP contribution in [-0.2, 0) is 4.79 Å². The standard InChI is InChI=1S/C17H26N2O3/c1-13(15-11-14(21-2)7-8-16(15)22-3)18-17(20)12-19-9-5-4-6-10-19/h7-8,11,13H,4-6,9-10,12H2,1-3H3,(H,18,20)/t13-/m1/s1. The highest BCUT2D eigenvalue weighted by Crippen LogP contribution is 2.29. The normalized spacial score (nSPS) is 16.9. The fourth-order valence-corrected chi connectivity index (χ4v) is 2.86. The predicted octanol–water partition coefficient (Wildman–Crippen LogP) is 2.37. The molecule has 1 saturated heterocycles. The average Bonchev–Trinajstić information content (AvgIpc) is 2.54. The molecule has 1 aromatic rings. The van der Waals surface area contributed by atoms with Crippen LogP contribution in [-0.4, -0.2) is 44.7 Å². The lowest BCUT2D eigenvalue weighted by molar-refractivity contribution is -0.123. The van der Waals surface area contributed by atoms with Gasteiger partial charge in [0, 0.05) is 5.56 Å². The predicted molar refractivity (Wildman–Crippen MR) is 86.4 cm³/mol. The molecule has 1 fully saturated rings. The molecule has 1 heterocycles. The Morgan fingerprint density at radius 1 is 1.23 bits per heavy atom. The van der Waals surface area contributed by atoms with Crippen molar-refractivity contribution in [2.24, 2.45) is 0 Å². The molecule has 22 heavy (non-hydrogen) atoms. The Hall–Kier alpha value is -1.75. The molecule has 0 unspecified atom stereocenters. The number of nitrogens with zero attached hydrogens (tertiary/aromatic N) is 1. The van der Waals surface area contributed by atoms with Crippen LogP contribution in [0, 0.1) is 0 Å². The van der Waals surface area contributed by atoms with E-state index in [0.717, 1.165) is 30.2 Å². The van der Waals surface area contributed by atoms with Crippen LogP contribution < -0.4 is 14.8 Å². The first kappa shape index (κ1) is 16.6. The molecule has 0 saturated carbocycles. The lowest BCUT2D eigenvalue weighted by Gasteiger charge is -2.26. The number of benzene rings is 1. The van der Waals surface area contributed by atoms with E-state index in [9.17, 15) is 4.79 Å². The molecular formula is C17H26N2O3. The Bertz CT molecular complexity index is 499. The fraction of sp³-hybridized carbons (Fsp3) is 0.588. The molecule has 1 atom stereocenters. The number of hydrogen-bond acceptors (Lipinski definition) is 4. The van der Waals surface area contributed by atoms with Crippen LogP contribution >= 0.6 is 0 Å². The van der Waals surface area contributed by atoms with Crippen LogP contribution in [0.1, 0.15) is 37.8 Å². The van der Waals surface area contributed by atoms with Gasteiger partial charge in [0.05, 0.1) is 26.8 Å². The zero-order chi connectivity index (χ0) is 15.9. The highest BCUT2D eigenvalue weighted by atomic mass is 16.5. The minimum Gasteiger partial charge on any atom is -0.497 e. The Balaban J connectivity index is 1.98. The highest BCUT2D eigenvalue weighted by Gasteiger charge is 2.18. The van der Waals surface area contributed by atoms with Crippen molar-refractivity contribution in [3.05, 3.63) is 23.8 Å². The maximum atomic E-state index is 12.2. The first-order chi connectivity index (χ1) is 10.6. The molecule has 122 valence electrons. The summed E-state index contributed by atoms with van der Waals surface area (Å²) in [5.74, 6) is 1.57. The third-order valence-corrected chi connectivity index (χ3v) is 4.10. The summed E-state index contributed by atoms with van der Waals surface area (Å²) >= 11 is 0. The van der Waals surface area contributed by atoms with Gasteiger partial charge in [-0.2, -0.15) is 0 Å². The van der Waals surface area contributed by atoms with Crippen LogP contribution in [0.5, 0.6) is 11.5 Å². The molecule has 0 aromatic heterocycles. The van der Waals surface area contributed by atoms with Gasteiger partial charge in [-0.05, 0) is 51.1 Å². The Morgan fingerprint density at radius 3 is 2.59 bits per heavy atom. The topological polar surface area (TPSA) is 50.8 Å². The SMILES string of the molecule is COc1ccc(OC)c([C@@H](C)NC(=O)CN2CCCCC2)c1. The number of carbonyl (C=O) groups is 1. The van der Waals surface area contributed by atoms with Crippen molar-refractivity contribution >= 4 is 5.91 Å². The molecule has 1 aliphatic rings. The number of amides is 1. The van der Waals surface area contributed by atoms with E-state index in [0.29, 0.717) is 6.54 Å². The number of rotatable bonds is 6. The van der Waals surface area contributed by atoms with Gasteiger partial charge in [0.1, 0.15) is 11.5 Å². The number of methoxy groups -OCH3 is 2. The van der Waals surface area contributed by atoms with E-state index in [2.05, 4.69) is 10.2 Å². The molecule has 0 radical (unpaired) electrons. The zero-order valence-electron chi connectivity index (χ0n) is 13.7. The van der Waals surface area contributed by atoms with Crippen molar-refractivity contribution in [3.63, 3.8) is 0 Å². The van der Waals surface area contributed by atoms with Crippen molar-refractivity contribution in [2.75, 3.05) is 33.9 Å². The molecule has 0 spiro atoms. The van der Waals surface area contributed by atoms with E-state index in [1.165, 1.54) is 19.3 Å². The second-order valence-corrected chi connectivity index (χ2v) is 5.73. The molecule has 1 aliphatic heterocycles. The molecule has 2 rings (SSSR count). The van der Waals surface area contributed by atoms with Crippen LogP contribution in [0.15, 0.2) is 18.2 Å². The molecule has 5 nitrogen and oxygen atoms in total.